The molecule has 1 aliphatic rings. The number of aliphatic hydroxyl groups is 1. The van der Waals surface area contributed by atoms with Crippen LogP contribution in [0.4, 0.5) is 0 Å². The first-order chi connectivity index (χ1) is 17.0. The molecule has 0 fully saturated rings. The fourth-order valence-corrected chi connectivity index (χ4v) is 4.78. The molecular weight excluding hydrogens is 440 g/mol. The summed E-state index contributed by atoms with van der Waals surface area (Å²) in [4.78, 5) is 25.4. The van der Waals surface area contributed by atoms with E-state index >= 15 is 0 Å². The lowest BCUT2D eigenvalue weighted by molar-refractivity contribution is -0.142. The van der Waals surface area contributed by atoms with E-state index < -0.39 is 23.3 Å². The molecule has 2 unspecified atom stereocenters. The van der Waals surface area contributed by atoms with E-state index in [-0.39, 0.29) is 18.9 Å². The average molecular weight is 471 g/mol. The van der Waals surface area contributed by atoms with E-state index in [0.29, 0.717) is 13.0 Å². The van der Waals surface area contributed by atoms with Crippen LogP contribution in [0.5, 0.6) is 0 Å². The lowest BCUT2D eigenvalue weighted by atomic mass is 9.69. The minimum atomic E-state index is -1.05. The van der Waals surface area contributed by atoms with E-state index in [0.717, 1.165) is 22.3 Å². The predicted molar refractivity (Wildman–Crippen MR) is 136 cm³/mol. The number of aliphatic carboxylic acids is 1. The zero-order chi connectivity index (χ0) is 24.7. The van der Waals surface area contributed by atoms with Crippen LogP contribution in [0.25, 0.3) is 11.1 Å². The fourth-order valence-electron chi connectivity index (χ4n) is 4.78. The van der Waals surface area contributed by atoms with E-state index in [1.54, 1.807) is 6.20 Å². The first-order valence-electron chi connectivity index (χ1n) is 11.8. The van der Waals surface area contributed by atoms with Crippen LogP contribution in [-0.2, 0) is 21.4 Å². The van der Waals surface area contributed by atoms with Gasteiger partial charge in [0.1, 0.15) is 0 Å². The van der Waals surface area contributed by atoms with Crippen molar-refractivity contribution in [1.29, 1.82) is 0 Å². The number of amides is 1. The Morgan fingerprint density at radius 3 is 2.11 bits per heavy atom. The molecule has 3 aromatic rings. The smallest absolute Gasteiger partial charge is 0.304 e. The van der Waals surface area contributed by atoms with Crippen molar-refractivity contribution >= 4 is 11.9 Å². The van der Waals surface area contributed by atoms with Crippen LogP contribution in [0.2, 0.25) is 0 Å². The normalized spacial score (nSPS) is 18.4. The summed E-state index contributed by atoms with van der Waals surface area (Å²) in [5, 5.41) is 25.7. The molecule has 4 rings (SSSR count). The van der Waals surface area contributed by atoms with Crippen LogP contribution in [-0.4, -0.2) is 41.3 Å². The molecule has 0 saturated heterocycles. The number of hydrogen-bond donors (Lipinski definition) is 4. The van der Waals surface area contributed by atoms with Crippen molar-refractivity contribution in [3.8, 4) is 11.1 Å². The molecule has 35 heavy (non-hydrogen) atoms. The number of benzene rings is 3. The van der Waals surface area contributed by atoms with Gasteiger partial charge in [0, 0.05) is 12.0 Å². The van der Waals surface area contributed by atoms with Crippen LogP contribution >= 0.6 is 0 Å². The molecule has 1 heterocycles. The Hall–Kier alpha value is -3.90. The number of hydrogen-bond acceptors (Lipinski definition) is 4. The largest absolute Gasteiger partial charge is 0.481 e. The standard InChI is InChI=1S/C29H30N2O4/c32-19-25(17-21-7-3-1-4-8-21)31-28(35)26(18-27(33)34)29(15-16-30-20-29)24-13-11-23(12-14-24)22-9-5-2-6-10-22/h1-16,25-26,30,32H,17-20H2,(H,31,35)(H,33,34)/t25?,26?,29-/m1/s1. The maximum absolute atomic E-state index is 13.5. The number of carbonyl (C=O) groups excluding carboxylic acids is 1. The second-order valence-corrected chi connectivity index (χ2v) is 8.93. The third-order valence-corrected chi connectivity index (χ3v) is 6.63. The van der Waals surface area contributed by atoms with Gasteiger partial charge in [0.15, 0.2) is 0 Å². The molecule has 0 bridgehead atoms. The molecule has 6 heteroatoms. The fraction of sp³-hybridized carbons (Fsp3) is 0.241. The van der Waals surface area contributed by atoms with E-state index in [2.05, 4.69) is 10.6 Å². The zero-order valence-electron chi connectivity index (χ0n) is 19.4. The first-order valence-corrected chi connectivity index (χ1v) is 11.8. The third kappa shape index (κ3) is 5.61. The van der Waals surface area contributed by atoms with Gasteiger partial charge >= 0.3 is 5.97 Å². The number of carboxylic acids is 1. The Morgan fingerprint density at radius 2 is 1.54 bits per heavy atom. The highest BCUT2D eigenvalue weighted by molar-refractivity contribution is 5.86. The van der Waals surface area contributed by atoms with Gasteiger partial charge in [-0.2, -0.15) is 0 Å². The number of aliphatic hydroxyl groups excluding tert-OH is 1. The molecule has 0 aromatic heterocycles. The van der Waals surface area contributed by atoms with Gasteiger partial charge < -0.3 is 20.8 Å². The van der Waals surface area contributed by atoms with Gasteiger partial charge in [-0.3, -0.25) is 9.59 Å². The van der Waals surface area contributed by atoms with E-state index in [4.69, 9.17) is 0 Å². The quantitative estimate of drug-likeness (QED) is 0.363. The minimum Gasteiger partial charge on any atom is -0.481 e. The van der Waals surface area contributed by atoms with Crippen LogP contribution in [0.15, 0.2) is 97.2 Å². The van der Waals surface area contributed by atoms with Crippen molar-refractivity contribution < 1.29 is 19.8 Å². The maximum atomic E-state index is 13.5. The van der Waals surface area contributed by atoms with Crippen molar-refractivity contribution in [2.45, 2.75) is 24.3 Å². The number of carbonyl (C=O) groups is 2. The highest BCUT2D eigenvalue weighted by atomic mass is 16.4. The summed E-state index contributed by atoms with van der Waals surface area (Å²) in [7, 11) is 0. The number of rotatable bonds is 10. The number of nitrogens with one attached hydrogen (secondary N) is 2. The second kappa shape index (κ2) is 11.0. The monoisotopic (exact) mass is 470 g/mol. The Bertz CT molecular complexity index is 1160. The summed E-state index contributed by atoms with van der Waals surface area (Å²) in [5.41, 5.74) is 3.14. The molecule has 1 amide bonds. The predicted octanol–water partition coefficient (Wildman–Crippen LogP) is 3.52. The Morgan fingerprint density at radius 1 is 0.914 bits per heavy atom. The van der Waals surface area contributed by atoms with Crippen molar-refractivity contribution in [2.75, 3.05) is 13.2 Å². The van der Waals surface area contributed by atoms with Crippen molar-refractivity contribution in [3.63, 3.8) is 0 Å². The average Bonchev–Trinajstić information content (AvgIpc) is 3.39. The lowest BCUT2D eigenvalue weighted by Gasteiger charge is -2.35. The summed E-state index contributed by atoms with van der Waals surface area (Å²) >= 11 is 0. The van der Waals surface area contributed by atoms with E-state index in [9.17, 15) is 19.8 Å². The summed E-state index contributed by atoms with van der Waals surface area (Å²) < 4.78 is 0. The summed E-state index contributed by atoms with van der Waals surface area (Å²) in [6, 6.07) is 27.0. The molecule has 0 saturated carbocycles. The van der Waals surface area contributed by atoms with Crippen LogP contribution < -0.4 is 10.6 Å². The van der Waals surface area contributed by atoms with Crippen molar-refractivity contribution in [3.05, 3.63) is 108 Å². The molecule has 0 aliphatic carbocycles. The molecule has 6 nitrogen and oxygen atoms in total. The lowest BCUT2D eigenvalue weighted by Crippen LogP contribution is -2.50. The Balaban J connectivity index is 1.62. The summed E-state index contributed by atoms with van der Waals surface area (Å²) in [5.74, 6) is -2.30. The Kier molecular flexibility index (Phi) is 7.63. The molecule has 0 spiro atoms. The molecule has 4 N–H and O–H groups in total. The second-order valence-electron chi connectivity index (χ2n) is 8.93. The topological polar surface area (TPSA) is 98.7 Å². The van der Waals surface area contributed by atoms with Crippen molar-refractivity contribution in [2.24, 2.45) is 5.92 Å². The number of carboxylic acid groups (broad SMARTS) is 1. The SMILES string of the molecule is O=C(O)CC(C(=O)NC(CO)Cc1ccccc1)[C@]1(c2ccc(-c3ccccc3)cc2)C=CNC1. The van der Waals surface area contributed by atoms with E-state index in [1.165, 1.54) is 0 Å². The molecule has 3 aromatic carbocycles. The molecule has 180 valence electrons. The van der Waals surface area contributed by atoms with Crippen LogP contribution in [0.3, 0.4) is 0 Å². The highest BCUT2D eigenvalue weighted by Gasteiger charge is 2.45. The van der Waals surface area contributed by atoms with E-state index in [1.807, 2.05) is 91.0 Å². The summed E-state index contributed by atoms with van der Waals surface area (Å²) in [6.45, 7) is 0.165. The highest BCUT2D eigenvalue weighted by Crippen LogP contribution is 2.39. The van der Waals surface area contributed by atoms with Gasteiger partial charge in [0.05, 0.1) is 25.0 Å². The minimum absolute atomic E-state index is 0.243. The maximum Gasteiger partial charge on any atom is 0.304 e. The summed E-state index contributed by atoms with van der Waals surface area (Å²) in [6.07, 6.45) is 3.79. The zero-order valence-corrected chi connectivity index (χ0v) is 19.4. The van der Waals surface area contributed by atoms with Gasteiger partial charge in [-0.15, -0.1) is 0 Å². The molecule has 1 aliphatic heterocycles. The third-order valence-electron chi connectivity index (χ3n) is 6.63. The first kappa shape index (κ1) is 24.2. The van der Waals surface area contributed by atoms with Gasteiger partial charge in [0.2, 0.25) is 5.91 Å². The molecular formula is C29H30N2O4. The van der Waals surface area contributed by atoms with Crippen LogP contribution in [0.1, 0.15) is 17.5 Å². The molecule has 0 radical (unpaired) electrons. The van der Waals surface area contributed by atoms with Crippen molar-refractivity contribution in [1.82, 2.24) is 10.6 Å². The molecule has 3 atom stereocenters. The Labute approximate surface area is 205 Å². The van der Waals surface area contributed by atoms with Gasteiger partial charge in [0.25, 0.3) is 0 Å². The van der Waals surface area contributed by atoms with Gasteiger partial charge in [-0.05, 0) is 34.9 Å². The van der Waals surface area contributed by atoms with Gasteiger partial charge in [-0.25, -0.2) is 0 Å². The van der Waals surface area contributed by atoms with Crippen LogP contribution in [0, 0.1) is 5.92 Å². The van der Waals surface area contributed by atoms with Gasteiger partial charge in [-0.1, -0.05) is 91.0 Å².